The van der Waals surface area contributed by atoms with Gasteiger partial charge in [-0.15, -0.1) is 0 Å². The maximum Gasteiger partial charge on any atom is 0.341 e. The summed E-state index contributed by atoms with van der Waals surface area (Å²) >= 11 is 0. The number of primary amides is 1. The molecule has 0 fully saturated rings. The SMILES string of the molecule is CNCC(C)(C)CCOC(C)(C)CCCNC(=O)COc1cc(NC(=O)[C@H](CCCNC(N)=O)NC(=O)C(NC(C)=O)C(C)C)ccc1C(=O)OC. The van der Waals surface area contributed by atoms with Crippen LogP contribution in [0, 0.1) is 11.3 Å². The second-order valence-electron chi connectivity index (χ2n) is 14.4. The number of rotatable bonds is 24. The van der Waals surface area contributed by atoms with Gasteiger partial charge in [0.15, 0.2) is 6.61 Å². The molecule has 0 bridgehead atoms. The number of ether oxygens (including phenoxy) is 3. The van der Waals surface area contributed by atoms with Gasteiger partial charge in [-0.25, -0.2) is 9.59 Å². The Kier molecular flexibility index (Phi) is 19.7. The smallest absolute Gasteiger partial charge is 0.341 e. The predicted octanol–water partition coefficient (Wildman–Crippen LogP) is 2.21. The summed E-state index contributed by atoms with van der Waals surface area (Å²) in [5.74, 6) is -2.99. The molecule has 1 unspecified atom stereocenters. The van der Waals surface area contributed by atoms with Crippen LogP contribution in [0.25, 0.3) is 0 Å². The number of benzene rings is 1. The van der Waals surface area contributed by atoms with Crippen LogP contribution in [0.5, 0.6) is 5.75 Å². The van der Waals surface area contributed by atoms with E-state index in [9.17, 15) is 28.8 Å². The van der Waals surface area contributed by atoms with Crippen molar-refractivity contribution in [3.05, 3.63) is 23.8 Å². The van der Waals surface area contributed by atoms with Crippen molar-refractivity contribution in [2.24, 2.45) is 17.1 Å². The summed E-state index contributed by atoms with van der Waals surface area (Å²) in [6.45, 7) is 14.9. The minimum Gasteiger partial charge on any atom is -0.483 e. The number of esters is 1. The van der Waals surface area contributed by atoms with Crippen LogP contribution in [0.3, 0.4) is 0 Å². The van der Waals surface area contributed by atoms with Gasteiger partial charge in [0.2, 0.25) is 17.7 Å². The van der Waals surface area contributed by atoms with E-state index in [4.69, 9.17) is 19.9 Å². The standard InChI is InChI=1S/C36H61N7O9/c1-23(2)30(41-24(3)44)32(47)43-27(12-10-17-40-34(37)49)31(46)42-25-13-14-26(33(48)50-9)28(20-25)51-21-29(45)39-18-11-15-36(6,7)52-19-16-35(4,5)22-38-8/h13-14,20,23,27,30,38H,10-12,15-19,21-22H2,1-9H3,(H,39,45)(H,41,44)(H,42,46)(H,43,47)(H3,37,40,49)/t27-,30?/m0/s1. The highest BCUT2D eigenvalue weighted by Gasteiger charge is 2.29. The highest BCUT2D eigenvalue weighted by Crippen LogP contribution is 2.25. The van der Waals surface area contributed by atoms with E-state index in [0.717, 1.165) is 19.4 Å². The molecular weight excluding hydrogens is 674 g/mol. The maximum absolute atomic E-state index is 13.5. The second-order valence-corrected chi connectivity index (χ2v) is 14.4. The molecule has 0 aliphatic heterocycles. The number of hydrogen-bond acceptors (Lipinski definition) is 10. The van der Waals surface area contributed by atoms with Crippen LogP contribution in [0.15, 0.2) is 18.2 Å². The molecule has 1 rings (SSSR count). The molecule has 0 spiro atoms. The zero-order chi connectivity index (χ0) is 39.5. The van der Waals surface area contributed by atoms with Crippen molar-refractivity contribution < 1.29 is 43.0 Å². The van der Waals surface area contributed by atoms with Gasteiger partial charge in [-0.2, -0.15) is 0 Å². The normalized spacial score (nSPS) is 12.7. The molecular formula is C36H61N7O9. The van der Waals surface area contributed by atoms with E-state index < -0.39 is 54.3 Å². The zero-order valence-corrected chi connectivity index (χ0v) is 32.3. The highest BCUT2D eigenvalue weighted by atomic mass is 16.5. The lowest BCUT2D eigenvalue weighted by Gasteiger charge is -2.29. The molecule has 16 nitrogen and oxygen atoms in total. The molecule has 2 atom stereocenters. The Balaban J connectivity index is 2.93. The van der Waals surface area contributed by atoms with E-state index in [2.05, 4.69) is 45.7 Å². The van der Waals surface area contributed by atoms with Gasteiger partial charge in [0.05, 0.1) is 12.7 Å². The molecule has 0 radical (unpaired) electrons. The molecule has 0 aliphatic rings. The lowest BCUT2D eigenvalue weighted by atomic mass is 9.89. The minimum absolute atomic E-state index is 0.00713. The molecule has 0 heterocycles. The second kappa shape index (κ2) is 22.5. The Hall–Kier alpha value is -4.44. The first kappa shape index (κ1) is 45.6. The summed E-state index contributed by atoms with van der Waals surface area (Å²) in [5, 5.41) is 16.4. The fourth-order valence-corrected chi connectivity index (χ4v) is 5.21. The van der Waals surface area contributed by atoms with Gasteiger partial charge < -0.3 is 51.8 Å². The summed E-state index contributed by atoms with van der Waals surface area (Å²) in [6.07, 6.45) is 2.72. The zero-order valence-electron chi connectivity index (χ0n) is 32.3. The third-order valence-electron chi connectivity index (χ3n) is 8.13. The fraction of sp³-hybridized carbons (Fsp3) is 0.667. The summed E-state index contributed by atoms with van der Waals surface area (Å²) in [5.41, 5.74) is 5.14. The summed E-state index contributed by atoms with van der Waals surface area (Å²) in [4.78, 5) is 74.5. The van der Waals surface area contributed by atoms with Gasteiger partial charge in [-0.3, -0.25) is 19.2 Å². The van der Waals surface area contributed by atoms with Crippen molar-refractivity contribution in [2.75, 3.05) is 52.3 Å². The molecule has 16 heteroatoms. The molecule has 0 saturated carbocycles. The summed E-state index contributed by atoms with van der Waals surface area (Å²) in [7, 11) is 3.13. The third kappa shape index (κ3) is 18.2. The van der Waals surface area contributed by atoms with E-state index in [-0.39, 0.29) is 46.9 Å². The van der Waals surface area contributed by atoms with Crippen LogP contribution in [0.4, 0.5) is 10.5 Å². The Bertz CT molecular complexity index is 1350. The summed E-state index contributed by atoms with van der Waals surface area (Å²) in [6, 6.07) is 1.50. The summed E-state index contributed by atoms with van der Waals surface area (Å²) < 4.78 is 16.7. The molecule has 1 aromatic carbocycles. The van der Waals surface area contributed by atoms with E-state index in [1.165, 1.54) is 32.2 Å². The van der Waals surface area contributed by atoms with Gasteiger partial charge >= 0.3 is 12.0 Å². The van der Waals surface area contributed by atoms with Gasteiger partial charge in [-0.05, 0) is 76.5 Å². The van der Waals surface area contributed by atoms with Crippen molar-refractivity contribution in [3.63, 3.8) is 0 Å². The lowest BCUT2D eigenvalue weighted by Crippen LogP contribution is -2.54. The predicted molar refractivity (Wildman–Crippen MR) is 198 cm³/mol. The van der Waals surface area contributed by atoms with Crippen molar-refractivity contribution in [2.45, 2.75) is 98.3 Å². The van der Waals surface area contributed by atoms with Crippen molar-refractivity contribution >= 4 is 41.3 Å². The molecule has 0 aromatic heterocycles. The number of nitrogens with one attached hydrogen (secondary N) is 6. The maximum atomic E-state index is 13.5. The Labute approximate surface area is 307 Å². The average Bonchev–Trinajstić information content (AvgIpc) is 3.05. The number of methoxy groups -OCH3 is 1. The van der Waals surface area contributed by atoms with E-state index in [0.29, 0.717) is 26.0 Å². The molecule has 8 N–H and O–H groups in total. The van der Waals surface area contributed by atoms with Gasteiger partial charge in [0.25, 0.3) is 5.91 Å². The van der Waals surface area contributed by atoms with Crippen LogP contribution in [0.1, 0.15) is 90.9 Å². The molecule has 0 saturated heterocycles. The fourth-order valence-electron chi connectivity index (χ4n) is 5.21. The van der Waals surface area contributed by atoms with Gasteiger partial charge in [0.1, 0.15) is 23.4 Å². The van der Waals surface area contributed by atoms with Crippen LogP contribution < -0.4 is 42.4 Å². The molecule has 52 heavy (non-hydrogen) atoms. The van der Waals surface area contributed by atoms with Crippen LogP contribution in [0.2, 0.25) is 0 Å². The molecule has 294 valence electrons. The Morgan fingerprint density at radius 2 is 1.58 bits per heavy atom. The largest absolute Gasteiger partial charge is 0.483 e. The molecule has 6 amide bonds. The Morgan fingerprint density at radius 3 is 2.17 bits per heavy atom. The minimum atomic E-state index is -1.08. The van der Waals surface area contributed by atoms with Crippen molar-refractivity contribution in [3.8, 4) is 5.75 Å². The molecule has 0 aliphatic carbocycles. The van der Waals surface area contributed by atoms with Crippen molar-refractivity contribution in [1.82, 2.24) is 26.6 Å². The Morgan fingerprint density at radius 1 is 0.904 bits per heavy atom. The number of nitrogens with two attached hydrogens (primary N) is 1. The lowest BCUT2D eigenvalue weighted by molar-refractivity contribution is -0.131. The topological polar surface area (TPSA) is 228 Å². The number of urea groups is 1. The number of hydrogen-bond donors (Lipinski definition) is 7. The monoisotopic (exact) mass is 735 g/mol. The first-order valence-corrected chi connectivity index (χ1v) is 17.6. The average molecular weight is 736 g/mol. The first-order valence-electron chi connectivity index (χ1n) is 17.6. The molecule has 1 aromatic rings. The van der Waals surface area contributed by atoms with Crippen LogP contribution in [-0.2, 0) is 28.7 Å². The quantitative estimate of drug-likeness (QED) is 0.0605. The van der Waals surface area contributed by atoms with E-state index >= 15 is 0 Å². The van der Waals surface area contributed by atoms with E-state index in [1.54, 1.807) is 13.8 Å². The van der Waals surface area contributed by atoms with Crippen molar-refractivity contribution in [1.29, 1.82) is 0 Å². The highest BCUT2D eigenvalue weighted by molar-refractivity contribution is 5.99. The van der Waals surface area contributed by atoms with Gasteiger partial charge in [0, 0.05) is 44.9 Å². The number of carbonyl (C=O) groups is 6. The van der Waals surface area contributed by atoms with E-state index in [1.807, 2.05) is 20.9 Å². The third-order valence-corrected chi connectivity index (χ3v) is 8.13. The van der Waals surface area contributed by atoms with Crippen LogP contribution >= 0.6 is 0 Å². The first-order chi connectivity index (χ1) is 24.3. The number of carbonyl (C=O) groups excluding carboxylic acids is 6. The number of amides is 6. The van der Waals surface area contributed by atoms with Gasteiger partial charge in [-0.1, -0.05) is 27.7 Å². The number of anilines is 1. The van der Waals surface area contributed by atoms with Crippen LogP contribution in [-0.4, -0.2) is 100 Å².